The van der Waals surface area contributed by atoms with E-state index in [1.54, 1.807) is 0 Å². The van der Waals surface area contributed by atoms with Crippen LogP contribution >= 0.6 is 7.14 Å². The number of nitrogens with zero attached hydrogens (tertiary/aromatic N) is 2. The van der Waals surface area contributed by atoms with Gasteiger partial charge in [0.05, 0.1) is 22.4 Å². The monoisotopic (exact) mass is 708 g/mol. The number of para-hydroxylation sites is 1. The van der Waals surface area contributed by atoms with Crippen molar-refractivity contribution in [2.45, 2.75) is 0 Å². The summed E-state index contributed by atoms with van der Waals surface area (Å²) < 4.78 is 15.0. The number of pyridine rings is 2. The molecule has 54 heavy (non-hydrogen) atoms. The topological polar surface area (TPSA) is 42.9 Å². The van der Waals surface area contributed by atoms with Crippen molar-refractivity contribution in [3.8, 4) is 33.6 Å². The molecule has 0 aliphatic carbocycles. The van der Waals surface area contributed by atoms with Crippen LogP contribution in [0.5, 0.6) is 0 Å². The summed E-state index contributed by atoms with van der Waals surface area (Å²) in [6.07, 6.45) is 0. The van der Waals surface area contributed by atoms with E-state index in [9.17, 15) is 4.57 Å². The molecular formula is C50H33N2OP. The fraction of sp³-hybridized carbons (Fsp3) is 0. The zero-order valence-corrected chi connectivity index (χ0v) is 30.2. The fourth-order valence-electron chi connectivity index (χ4n) is 7.79. The molecule has 8 aromatic carbocycles. The lowest BCUT2D eigenvalue weighted by molar-refractivity contribution is 0.592. The first-order valence-corrected chi connectivity index (χ1v) is 19.9. The maximum absolute atomic E-state index is 15.0. The van der Waals surface area contributed by atoms with Crippen molar-refractivity contribution < 1.29 is 4.57 Å². The second-order valence-corrected chi connectivity index (χ2v) is 16.5. The van der Waals surface area contributed by atoms with E-state index in [4.69, 9.17) is 9.97 Å². The lowest BCUT2D eigenvalue weighted by atomic mass is 9.95. The molecule has 0 aliphatic rings. The van der Waals surface area contributed by atoms with Gasteiger partial charge in [-0.1, -0.05) is 164 Å². The molecule has 2 heterocycles. The van der Waals surface area contributed by atoms with Crippen LogP contribution in [0.1, 0.15) is 0 Å². The Morgan fingerprint density at radius 3 is 1.67 bits per heavy atom. The molecule has 0 fully saturated rings. The summed E-state index contributed by atoms with van der Waals surface area (Å²) in [5.74, 6) is 0. The van der Waals surface area contributed by atoms with Gasteiger partial charge in [0, 0.05) is 43.2 Å². The van der Waals surface area contributed by atoms with Crippen LogP contribution in [0.15, 0.2) is 200 Å². The van der Waals surface area contributed by atoms with Crippen molar-refractivity contribution in [1.82, 2.24) is 9.97 Å². The third-order valence-corrected chi connectivity index (χ3v) is 13.6. The summed E-state index contributed by atoms with van der Waals surface area (Å²) in [7, 11) is -3.06. The second-order valence-electron chi connectivity index (χ2n) is 13.7. The van der Waals surface area contributed by atoms with Gasteiger partial charge >= 0.3 is 0 Å². The predicted molar refractivity (Wildman–Crippen MR) is 228 cm³/mol. The van der Waals surface area contributed by atoms with Gasteiger partial charge in [0.15, 0.2) is 7.14 Å². The average molecular weight is 709 g/mol. The first-order valence-electron chi connectivity index (χ1n) is 18.2. The van der Waals surface area contributed by atoms with E-state index in [1.807, 2.05) is 91.0 Å². The molecule has 0 bridgehead atoms. The van der Waals surface area contributed by atoms with Crippen molar-refractivity contribution in [1.29, 1.82) is 0 Å². The molecule has 254 valence electrons. The fourth-order valence-corrected chi connectivity index (χ4v) is 10.5. The highest BCUT2D eigenvalue weighted by Gasteiger charge is 2.29. The van der Waals surface area contributed by atoms with E-state index in [2.05, 4.69) is 109 Å². The molecule has 0 saturated heterocycles. The predicted octanol–water partition coefficient (Wildman–Crippen LogP) is 11.7. The van der Waals surface area contributed by atoms with Gasteiger partial charge in [0.1, 0.15) is 0 Å². The maximum atomic E-state index is 15.0. The van der Waals surface area contributed by atoms with E-state index in [0.717, 1.165) is 87.5 Å². The largest absolute Gasteiger partial charge is 0.309 e. The quantitative estimate of drug-likeness (QED) is 0.128. The molecule has 3 nitrogen and oxygen atoms in total. The van der Waals surface area contributed by atoms with Crippen LogP contribution in [0.2, 0.25) is 0 Å². The van der Waals surface area contributed by atoms with Crippen molar-refractivity contribution in [2.24, 2.45) is 0 Å². The molecule has 0 N–H and O–H groups in total. The van der Waals surface area contributed by atoms with Gasteiger partial charge in [-0.25, -0.2) is 9.97 Å². The highest BCUT2D eigenvalue weighted by Crippen LogP contribution is 2.43. The van der Waals surface area contributed by atoms with Crippen molar-refractivity contribution in [3.05, 3.63) is 200 Å². The van der Waals surface area contributed by atoms with Gasteiger partial charge in [-0.2, -0.15) is 0 Å². The molecule has 0 spiro atoms. The summed E-state index contributed by atoms with van der Waals surface area (Å²) in [5, 5.41) is 9.15. The van der Waals surface area contributed by atoms with Gasteiger partial charge < -0.3 is 4.57 Å². The Hall–Kier alpha value is -6.67. The number of hydrogen-bond donors (Lipinski definition) is 0. The zero-order chi connectivity index (χ0) is 36.1. The Bertz CT molecular complexity index is 3010. The molecule has 10 aromatic rings. The van der Waals surface area contributed by atoms with Crippen LogP contribution in [0.25, 0.3) is 77.0 Å². The maximum Gasteiger partial charge on any atom is 0.171 e. The van der Waals surface area contributed by atoms with Crippen LogP contribution < -0.4 is 15.9 Å². The lowest BCUT2D eigenvalue weighted by Crippen LogP contribution is -2.24. The molecule has 0 saturated carbocycles. The smallest absolute Gasteiger partial charge is 0.171 e. The summed E-state index contributed by atoms with van der Waals surface area (Å²) >= 11 is 0. The van der Waals surface area contributed by atoms with Crippen LogP contribution in [-0.2, 0) is 4.57 Å². The average Bonchev–Trinajstić information content (AvgIpc) is 3.26. The van der Waals surface area contributed by atoms with Crippen molar-refractivity contribution in [2.75, 3.05) is 0 Å². The minimum atomic E-state index is -3.06. The Morgan fingerprint density at radius 2 is 0.926 bits per heavy atom. The van der Waals surface area contributed by atoms with Gasteiger partial charge in [-0.3, -0.25) is 0 Å². The van der Waals surface area contributed by atoms with E-state index in [-0.39, 0.29) is 0 Å². The lowest BCUT2D eigenvalue weighted by Gasteiger charge is -2.20. The Balaban J connectivity index is 1.04. The summed E-state index contributed by atoms with van der Waals surface area (Å²) in [6.45, 7) is 0. The number of fused-ring (bicyclic) bond motifs is 6. The molecule has 0 unspecified atom stereocenters. The zero-order valence-electron chi connectivity index (χ0n) is 29.3. The number of benzene rings is 8. The molecule has 0 atom stereocenters. The van der Waals surface area contributed by atoms with Crippen LogP contribution in [-0.4, -0.2) is 9.97 Å². The minimum absolute atomic E-state index is 0.832. The molecule has 2 aromatic heterocycles. The highest BCUT2D eigenvalue weighted by molar-refractivity contribution is 7.85. The molecule has 4 heteroatoms. The van der Waals surface area contributed by atoms with Crippen LogP contribution in [0.3, 0.4) is 0 Å². The molecule has 0 amide bonds. The second kappa shape index (κ2) is 13.1. The van der Waals surface area contributed by atoms with E-state index < -0.39 is 7.14 Å². The first-order chi connectivity index (χ1) is 26.6. The van der Waals surface area contributed by atoms with Crippen LogP contribution in [0, 0.1) is 0 Å². The summed E-state index contributed by atoms with van der Waals surface area (Å²) in [6, 6.07) is 68.5. The van der Waals surface area contributed by atoms with Crippen molar-refractivity contribution in [3.63, 3.8) is 0 Å². The van der Waals surface area contributed by atoms with E-state index in [1.165, 1.54) is 5.39 Å². The molecule has 0 radical (unpaired) electrons. The third-order valence-electron chi connectivity index (χ3n) is 10.5. The van der Waals surface area contributed by atoms with E-state index in [0.29, 0.717) is 0 Å². The Labute approximate surface area is 313 Å². The van der Waals surface area contributed by atoms with E-state index >= 15 is 0 Å². The molecule has 10 rings (SSSR count). The van der Waals surface area contributed by atoms with Crippen LogP contribution in [0.4, 0.5) is 0 Å². The Morgan fingerprint density at radius 1 is 0.352 bits per heavy atom. The Kier molecular flexibility index (Phi) is 7.75. The van der Waals surface area contributed by atoms with Gasteiger partial charge in [0.25, 0.3) is 0 Å². The number of rotatable bonds is 6. The molecule has 0 aliphatic heterocycles. The summed E-state index contributed by atoms with van der Waals surface area (Å²) in [4.78, 5) is 10.4. The SMILES string of the molecule is O=P(c1ccccc1)(c1ccccc1)c1ccc2cc(-c3ccc(-c4nc5ccccc5c5ccc6nc(-c7ccccc7)ccc6c45)cc3)ccc2c1. The van der Waals surface area contributed by atoms with Gasteiger partial charge in [-0.15, -0.1) is 0 Å². The number of aromatic nitrogens is 2. The standard InChI is InChI=1S/C50H33N2OP/c53-54(40-14-6-2-7-15-40,41-16-8-3-9-17-41)42-27-26-38-32-37(24-25-39(38)33-42)34-20-22-36(23-21-34)50-49-44(43-18-10-11-19-47(43)52-50)28-31-48-45(49)29-30-46(51-48)35-12-4-1-5-13-35/h1-33H. The van der Waals surface area contributed by atoms with Gasteiger partial charge in [0.2, 0.25) is 0 Å². The third kappa shape index (κ3) is 5.41. The minimum Gasteiger partial charge on any atom is -0.309 e. The van der Waals surface area contributed by atoms with Crippen molar-refractivity contribution >= 4 is 66.4 Å². The molecular weight excluding hydrogens is 676 g/mol. The number of hydrogen-bond acceptors (Lipinski definition) is 3. The normalized spacial score (nSPS) is 11.8. The summed E-state index contributed by atoms with van der Waals surface area (Å²) in [5.41, 5.74) is 8.20. The van der Waals surface area contributed by atoms with Gasteiger partial charge in [-0.05, 0) is 63.7 Å². The first kappa shape index (κ1) is 32.0. The highest BCUT2D eigenvalue weighted by atomic mass is 31.2.